The number of piperazine rings is 1. The minimum atomic E-state index is 0.128. The lowest BCUT2D eigenvalue weighted by Gasteiger charge is -2.34. The number of carbonyl (C=O) groups is 1. The zero-order chi connectivity index (χ0) is 20.5. The lowest BCUT2D eigenvalue weighted by molar-refractivity contribution is -0.122. The standard InChI is InChI=1S/C24H33N3O2/c1-3-21(22-7-5-4-6-8-22)17-25-24(28)19-27-15-13-26(14-16-27)18-20-9-11-23(29-2)12-10-20/h4-12,21H,3,13-19H2,1-2H3,(H,25,28)/t21-/m1/s1. The average Bonchev–Trinajstić information content (AvgIpc) is 2.77. The summed E-state index contributed by atoms with van der Waals surface area (Å²) in [6.45, 7) is 8.14. The van der Waals surface area contributed by atoms with Gasteiger partial charge in [0.1, 0.15) is 5.75 Å². The largest absolute Gasteiger partial charge is 0.497 e. The van der Waals surface area contributed by atoms with Gasteiger partial charge in [-0.1, -0.05) is 49.4 Å². The van der Waals surface area contributed by atoms with Crippen LogP contribution in [0.15, 0.2) is 54.6 Å². The summed E-state index contributed by atoms with van der Waals surface area (Å²) >= 11 is 0. The maximum atomic E-state index is 12.4. The van der Waals surface area contributed by atoms with Gasteiger partial charge in [-0.25, -0.2) is 0 Å². The third kappa shape index (κ3) is 6.58. The van der Waals surface area contributed by atoms with Crippen molar-refractivity contribution in [3.8, 4) is 5.75 Å². The fourth-order valence-electron chi connectivity index (χ4n) is 3.81. The molecule has 3 rings (SSSR count). The number of nitrogens with one attached hydrogen (secondary N) is 1. The average molecular weight is 396 g/mol. The van der Waals surface area contributed by atoms with Crippen LogP contribution in [0.4, 0.5) is 0 Å². The Morgan fingerprint density at radius 1 is 1.00 bits per heavy atom. The summed E-state index contributed by atoms with van der Waals surface area (Å²) in [5.74, 6) is 1.40. The zero-order valence-electron chi connectivity index (χ0n) is 17.6. The Balaban J connectivity index is 1.37. The molecule has 2 aromatic carbocycles. The quantitative estimate of drug-likeness (QED) is 0.709. The van der Waals surface area contributed by atoms with E-state index in [4.69, 9.17) is 4.74 Å². The number of hydrogen-bond acceptors (Lipinski definition) is 4. The van der Waals surface area contributed by atoms with Crippen molar-refractivity contribution in [2.24, 2.45) is 0 Å². The smallest absolute Gasteiger partial charge is 0.234 e. The van der Waals surface area contributed by atoms with Crippen molar-refractivity contribution in [3.63, 3.8) is 0 Å². The molecule has 2 aromatic rings. The van der Waals surface area contributed by atoms with Gasteiger partial charge in [0.15, 0.2) is 0 Å². The molecule has 1 atom stereocenters. The molecule has 29 heavy (non-hydrogen) atoms. The highest BCUT2D eigenvalue weighted by molar-refractivity contribution is 5.78. The first kappa shape index (κ1) is 21.3. The highest BCUT2D eigenvalue weighted by Gasteiger charge is 2.19. The van der Waals surface area contributed by atoms with Gasteiger partial charge in [0, 0.05) is 45.2 Å². The molecule has 1 aliphatic heterocycles. The van der Waals surface area contributed by atoms with E-state index in [9.17, 15) is 4.79 Å². The van der Waals surface area contributed by atoms with E-state index >= 15 is 0 Å². The molecule has 0 aromatic heterocycles. The molecular formula is C24H33N3O2. The molecule has 1 N–H and O–H groups in total. The Hall–Kier alpha value is -2.37. The van der Waals surface area contributed by atoms with Crippen LogP contribution in [-0.2, 0) is 11.3 Å². The van der Waals surface area contributed by atoms with E-state index in [1.54, 1.807) is 7.11 Å². The van der Waals surface area contributed by atoms with E-state index in [0.29, 0.717) is 19.0 Å². The van der Waals surface area contributed by atoms with Crippen LogP contribution < -0.4 is 10.1 Å². The zero-order valence-corrected chi connectivity index (χ0v) is 17.6. The van der Waals surface area contributed by atoms with E-state index in [2.05, 4.69) is 58.4 Å². The van der Waals surface area contributed by atoms with Gasteiger partial charge < -0.3 is 10.1 Å². The first-order valence-corrected chi connectivity index (χ1v) is 10.6. The molecule has 0 saturated carbocycles. The Labute approximate surface area is 174 Å². The van der Waals surface area contributed by atoms with Gasteiger partial charge in [0.2, 0.25) is 5.91 Å². The maximum absolute atomic E-state index is 12.4. The van der Waals surface area contributed by atoms with Crippen LogP contribution in [0.3, 0.4) is 0 Å². The summed E-state index contributed by atoms with van der Waals surface area (Å²) in [5.41, 5.74) is 2.59. The molecule has 1 fully saturated rings. The van der Waals surface area contributed by atoms with Gasteiger partial charge >= 0.3 is 0 Å². The monoisotopic (exact) mass is 395 g/mol. The normalized spacial score (nSPS) is 16.3. The molecule has 0 unspecified atom stereocenters. The van der Waals surface area contributed by atoms with Crippen LogP contribution in [0.25, 0.3) is 0 Å². The van der Waals surface area contributed by atoms with Gasteiger partial charge in [-0.15, -0.1) is 0 Å². The minimum absolute atomic E-state index is 0.128. The highest BCUT2D eigenvalue weighted by atomic mass is 16.5. The number of carbonyl (C=O) groups excluding carboxylic acids is 1. The Morgan fingerprint density at radius 2 is 1.66 bits per heavy atom. The van der Waals surface area contributed by atoms with E-state index < -0.39 is 0 Å². The molecule has 1 heterocycles. The second kappa shape index (κ2) is 11.0. The molecule has 0 radical (unpaired) electrons. The summed E-state index contributed by atoms with van der Waals surface area (Å²) in [6.07, 6.45) is 1.02. The molecule has 5 nitrogen and oxygen atoms in total. The van der Waals surface area contributed by atoms with E-state index in [0.717, 1.165) is 44.9 Å². The number of benzene rings is 2. The van der Waals surface area contributed by atoms with E-state index in [1.165, 1.54) is 11.1 Å². The second-order valence-corrected chi connectivity index (χ2v) is 7.72. The fraction of sp³-hybridized carbons (Fsp3) is 0.458. The molecular weight excluding hydrogens is 362 g/mol. The summed E-state index contributed by atoms with van der Waals surface area (Å²) in [7, 11) is 1.69. The number of amides is 1. The summed E-state index contributed by atoms with van der Waals surface area (Å²) in [5, 5.41) is 3.14. The van der Waals surface area contributed by atoms with Gasteiger partial charge in [0.25, 0.3) is 0 Å². The summed E-state index contributed by atoms with van der Waals surface area (Å²) < 4.78 is 5.22. The lowest BCUT2D eigenvalue weighted by Crippen LogP contribution is -2.49. The molecule has 1 amide bonds. The van der Waals surface area contributed by atoms with Crippen molar-refractivity contribution in [1.82, 2.24) is 15.1 Å². The lowest BCUT2D eigenvalue weighted by atomic mass is 9.96. The van der Waals surface area contributed by atoms with Crippen LogP contribution in [0.2, 0.25) is 0 Å². The van der Waals surface area contributed by atoms with Crippen molar-refractivity contribution in [2.45, 2.75) is 25.8 Å². The number of ether oxygens (including phenoxy) is 1. The molecule has 0 aliphatic carbocycles. The number of rotatable bonds is 9. The first-order chi connectivity index (χ1) is 14.2. The fourth-order valence-corrected chi connectivity index (χ4v) is 3.81. The van der Waals surface area contributed by atoms with E-state index in [-0.39, 0.29) is 5.91 Å². The predicted molar refractivity (Wildman–Crippen MR) is 117 cm³/mol. The number of methoxy groups -OCH3 is 1. The van der Waals surface area contributed by atoms with Crippen molar-refractivity contribution in [1.29, 1.82) is 0 Å². The Morgan fingerprint density at radius 3 is 2.28 bits per heavy atom. The van der Waals surface area contributed by atoms with Crippen LogP contribution in [0.5, 0.6) is 5.75 Å². The predicted octanol–water partition coefficient (Wildman–Crippen LogP) is 3.12. The molecule has 156 valence electrons. The topological polar surface area (TPSA) is 44.8 Å². The third-order valence-electron chi connectivity index (χ3n) is 5.71. The summed E-state index contributed by atoms with van der Waals surface area (Å²) in [6, 6.07) is 18.7. The highest BCUT2D eigenvalue weighted by Crippen LogP contribution is 2.18. The molecule has 0 spiro atoms. The Bertz CT molecular complexity index is 740. The SMILES string of the molecule is CC[C@H](CNC(=O)CN1CCN(Cc2ccc(OC)cc2)CC1)c1ccccc1. The van der Waals surface area contributed by atoms with Crippen LogP contribution in [0, 0.1) is 0 Å². The molecule has 1 saturated heterocycles. The molecule has 1 aliphatic rings. The summed E-state index contributed by atoms with van der Waals surface area (Å²) in [4.78, 5) is 17.1. The first-order valence-electron chi connectivity index (χ1n) is 10.6. The van der Waals surface area contributed by atoms with Crippen molar-refractivity contribution >= 4 is 5.91 Å². The van der Waals surface area contributed by atoms with Gasteiger partial charge in [-0.3, -0.25) is 14.6 Å². The van der Waals surface area contributed by atoms with Gasteiger partial charge in [-0.2, -0.15) is 0 Å². The van der Waals surface area contributed by atoms with Gasteiger partial charge in [0.05, 0.1) is 13.7 Å². The van der Waals surface area contributed by atoms with Crippen LogP contribution in [0.1, 0.15) is 30.4 Å². The van der Waals surface area contributed by atoms with Crippen molar-refractivity contribution < 1.29 is 9.53 Å². The third-order valence-corrected chi connectivity index (χ3v) is 5.71. The maximum Gasteiger partial charge on any atom is 0.234 e. The van der Waals surface area contributed by atoms with Crippen LogP contribution >= 0.6 is 0 Å². The van der Waals surface area contributed by atoms with Crippen LogP contribution in [-0.4, -0.2) is 62.1 Å². The number of hydrogen-bond donors (Lipinski definition) is 1. The minimum Gasteiger partial charge on any atom is -0.497 e. The second-order valence-electron chi connectivity index (χ2n) is 7.72. The Kier molecular flexibility index (Phi) is 8.08. The van der Waals surface area contributed by atoms with Gasteiger partial charge in [-0.05, 0) is 29.7 Å². The number of nitrogens with zero attached hydrogens (tertiary/aromatic N) is 2. The van der Waals surface area contributed by atoms with E-state index in [1.807, 2.05) is 18.2 Å². The van der Waals surface area contributed by atoms with Crippen molar-refractivity contribution in [3.05, 3.63) is 65.7 Å². The van der Waals surface area contributed by atoms with Crippen molar-refractivity contribution in [2.75, 3.05) is 46.4 Å². The molecule has 0 bridgehead atoms. The molecule has 5 heteroatoms.